The van der Waals surface area contributed by atoms with E-state index in [0.29, 0.717) is 30.0 Å². The molecule has 2 amide bonds. The fraction of sp³-hybridized carbons (Fsp3) is 0.471. The van der Waals surface area contributed by atoms with E-state index in [4.69, 9.17) is 5.11 Å². The highest BCUT2D eigenvalue weighted by atomic mass is 32.2. The van der Waals surface area contributed by atoms with Crippen LogP contribution < -0.4 is 5.32 Å². The molecule has 0 aliphatic carbocycles. The zero-order valence-corrected chi connectivity index (χ0v) is 14.5. The maximum atomic E-state index is 12.8. The minimum Gasteiger partial charge on any atom is -0.481 e. The molecule has 1 aliphatic rings. The maximum absolute atomic E-state index is 12.8. The molecule has 6 nitrogen and oxygen atoms in total. The minimum atomic E-state index is -0.909. The molecule has 1 aliphatic heterocycles. The van der Waals surface area contributed by atoms with Crippen molar-refractivity contribution in [2.24, 2.45) is 0 Å². The number of nitrogens with one attached hydrogen (secondary N) is 1. The van der Waals surface area contributed by atoms with E-state index in [2.05, 4.69) is 5.32 Å². The predicted molar refractivity (Wildman–Crippen MR) is 93.5 cm³/mol. The molecule has 130 valence electrons. The van der Waals surface area contributed by atoms with Gasteiger partial charge in [-0.1, -0.05) is 13.0 Å². The molecule has 0 spiro atoms. The van der Waals surface area contributed by atoms with Crippen molar-refractivity contribution in [3.8, 4) is 0 Å². The van der Waals surface area contributed by atoms with E-state index in [1.165, 1.54) is 0 Å². The Kier molecular flexibility index (Phi) is 6.66. The van der Waals surface area contributed by atoms with Crippen LogP contribution in [0.15, 0.2) is 24.3 Å². The Morgan fingerprint density at radius 1 is 1.33 bits per heavy atom. The number of carboxylic acid groups (broad SMARTS) is 1. The highest BCUT2D eigenvalue weighted by Crippen LogP contribution is 2.21. The zero-order chi connectivity index (χ0) is 17.5. The molecule has 7 heteroatoms. The molecule has 1 aromatic carbocycles. The van der Waals surface area contributed by atoms with Crippen LogP contribution in [0.3, 0.4) is 0 Å². The van der Waals surface area contributed by atoms with Gasteiger partial charge in [0.1, 0.15) is 0 Å². The Morgan fingerprint density at radius 3 is 2.79 bits per heavy atom. The van der Waals surface area contributed by atoms with Crippen LogP contribution in [0.5, 0.6) is 0 Å². The Balaban J connectivity index is 2.15. The van der Waals surface area contributed by atoms with Crippen LogP contribution in [0.2, 0.25) is 0 Å². The van der Waals surface area contributed by atoms with Gasteiger partial charge in [0.05, 0.1) is 12.5 Å². The van der Waals surface area contributed by atoms with Gasteiger partial charge in [-0.2, -0.15) is 11.8 Å². The maximum Gasteiger partial charge on any atom is 0.305 e. The van der Waals surface area contributed by atoms with Crippen LogP contribution in [-0.4, -0.2) is 58.4 Å². The molecule has 0 bridgehead atoms. The number of amides is 2. The molecule has 0 aromatic heterocycles. The van der Waals surface area contributed by atoms with E-state index in [1.807, 2.05) is 6.92 Å². The van der Waals surface area contributed by atoms with Gasteiger partial charge in [-0.05, 0) is 24.6 Å². The van der Waals surface area contributed by atoms with Crippen LogP contribution in [0.25, 0.3) is 0 Å². The Morgan fingerprint density at radius 2 is 2.08 bits per heavy atom. The summed E-state index contributed by atoms with van der Waals surface area (Å²) in [6, 6.07) is 6.28. The second-order valence-corrected chi connectivity index (χ2v) is 6.81. The van der Waals surface area contributed by atoms with Crippen LogP contribution in [0, 0.1) is 0 Å². The number of hydrogen-bond acceptors (Lipinski definition) is 4. The summed E-state index contributed by atoms with van der Waals surface area (Å²) in [4.78, 5) is 37.5. The normalized spacial score (nSPS) is 17.4. The molecule has 1 fully saturated rings. The minimum absolute atomic E-state index is 0.0601. The van der Waals surface area contributed by atoms with Crippen molar-refractivity contribution in [2.45, 2.75) is 25.8 Å². The summed E-state index contributed by atoms with van der Waals surface area (Å²) in [7, 11) is 0. The first-order chi connectivity index (χ1) is 11.5. The second-order valence-electron chi connectivity index (χ2n) is 5.66. The zero-order valence-electron chi connectivity index (χ0n) is 13.7. The molecule has 0 saturated carbocycles. The molecule has 0 radical (unpaired) electrons. The first-order valence-corrected chi connectivity index (χ1v) is 9.17. The van der Waals surface area contributed by atoms with Gasteiger partial charge in [0.2, 0.25) is 0 Å². The Labute approximate surface area is 145 Å². The lowest BCUT2D eigenvalue weighted by atomic mass is 10.1. The standard InChI is InChI=1S/C17H22N2O4S/c1-2-6-18-16(22)12-4-3-5-13(9-12)17(23)19-7-8-24-11-14(19)10-15(20)21/h3-5,9,14H,2,6-8,10-11H2,1H3,(H,18,22)(H,20,21). The first-order valence-electron chi connectivity index (χ1n) is 8.01. The fourth-order valence-corrected chi connectivity index (χ4v) is 3.66. The number of carbonyl (C=O) groups is 3. The highest BCUT2D eigenvalue weighted by Gasteiger charge is 2.29. The van der Waals surface area contributed by atoms with Gasteiger partial charge >= 0.3 is 5.97 Å². The summed E-state index contributed by atoms with van der Waals surface area (Å²) in [6.45, 7) is 3.08. The van der Waals surface area contributed by atoms with E-state index in [0.717, 1.165) is 12.2 Å². The number of nitrogens with zero attached hydrogens (tertiary/aromatic N) is 1. The van der Waals surface area contributed by atoms with Crippen LogP contribution in [-0.2, 0) is 4.79 Å². The summed E-state index contributed by atoms with van der Waals surface area (Å²) in [6.07, 6.45) is 0.780. The van der Waals surface area contributed by atoms with Gasteiger partial charge in [-0.25, -0.2) is 0 Å². The molecule has 1 atom stereocenters. The monoisotopic (exact) mass is 350 g/mol. The lowest BCUT2D eigenvalue weighted by Crippen LogP contribution is -2.47. The van der Waals surface area contributed by atoms with E-state index in [-0.39, 0.29) is 24.3 Å². The lowest BCUT2D eigenvalue weighted by Gasteiger charge is -2.34. The lowest BCUT2D eigenvalue weighted by molar-refractivity contribution is -0.138. The average Bonchev–Trinajstić information content (AvgIpc) is 2.59. The third kappa shape index (κ3) is 4.74. The van der Waals surface area contributed by atoms with E-state index in [9.17, 15) is 14.4 Å². The predicted octanol–water partition coefficient (Wildman–Crippen LogP) is 1.86. The van der Waals surface area contributed by atoms with Crippen molar-refractivity contribution in [1.29, 1.82) is 0 Å². The number of thioether (sulfide) groups is 1. The number of rotatable bonds is 6. The molecule has 2 rings (SSSR count). The summed E-state index contributed by atoms with van der Waals surface area (Å²) in [5.41, 5.74) is 0.858. The van der Waals surface area contributed by atoms with Gasteiger partial charge in [0.15, 0.2) is 0 Å². The molecule has 1 unspecified atom stereocenters. The highest BCUT2D eigenvalue weighted by molar-refractivity contribution is 7.99. The van der Waals surface area contributed by atoms with Crippen LogP contribution in [0.4, 0.5) is 0 Å². The Hall–Kier alpha value is -2.02. The largest absolute Gasteiger partial charge is 0.481 e. The van der Waals surface area contributed by atoms with Crippen LogP contribution >= 0.6 is 11.8 Å². The topological polar surface area (TPSA) is 86.7 Å². The Bertz CT molecular complexity index is 620. The first kappa shape index (κ1) is 18.3. The van der Waals surface area contributed by atoms with Crippen molar-refractivity contribution in [1.82, 2.24) is 10.2 Å². The second kappa shape index (κ2) is 8.73. The van der Waals surface area contributed by atoms with Crippen molar-refractivity contribution >= 4 is 29.5 Å². The third-order valence-corrected chi connectivity index (χ3v) is 4.90. The molecule has 1 aromatic rings. The van der Waals surface area contributed by atoms with Gasteiger partial charge in [0.25, 0.3) is 11.8 Å². The van der Waals surface area contributed by atoms with Crippen molar-refractivity contribution < 1.29 is 19.5 Å². The van der Waals surface area contributed by atoms with Gasteiger partial charge in [-0.3, -0.25) is 14.4 Å². The summed E-state index contributed by atoms with van der Waals surface area (Å²) < 4.78 is 0. The van der Waals surface area contributed by atoms with Crippen molar-refractivity contribution in [3.63, 3.8) is 0 Å². The number of carbonyl (C=O) groups excluding carboxylic acids is 2. The average molecular weight is 350 g/mol. The summed E-state index contributed by atoms with van der Waals surface area (Å²) >= 11 is 1.66. The van der Waals surface area contributed by atoms with E-state index < -0.39 is 5.97 Å². The summed E-state index contributed by atoms with van der Waals surface area (Å²) in [5.74, 6) is 0.0789. The number of aliphatic carboxylic acids is 1. The molecular formula is C17H22N2O4S. The van der Waals surface area contributed by atoms with Gasteiger partial charge in [0, 0.05) is 35.7 Å². The molecule has 2 N–H and O–H groups in total. The van der Waals surface area contributed by atoms with E-state index in [1.54, 1.807) is 40.9 Å². The SMILES string of the molecule is CCCNC(=O)c1cccc(C(=O)N2CCSCC2CC(=O)O)c1. The summed E-state index contributed by atoms with van der Waals surface area (Å²) in [5, 5.41) is 11.8. The van der Waals surface area contributed by atoms with Crippen molar-refractivity contribution in [2.75, 3.05) is 24.6 Å². The van der Waals surface area contributed by atoms with E-state index >= 15 is 0 Å². The molecule has 1 heterocycles. The number of carboxylic acids is 1. The fourth-order valence-electron chi connectivity index (χ4n) is 2.59. The molecular weight excluding hydrogens is 328 g/mol. The third-order valence-electron chi connectivity index (χ3n) is 3.81. The van der Waals surface area contributed by atoms with Crippen LogP contribution in [0.1, 0.15) is 40.5 Å². The van der Waals surface area contributed by atoms with Gasteiger partial charge < -0.3 is 15.3 Å². The smallest absolute Gasteiger partial charge is 0.305 e. The number of hydrogen-bond donors (Lipinski definition) is 2. The molecule has 24 heavy (non-hydrogen) atoms. The quantitative estimate of drug-likeness (QED) is 0.818. The molecule has 1 saturated heterocycles. The number of benzene rings is 1. The van der Waals surface area contributed by atoms with Crippen molar-refractivity contribution in [3.05, 3.63) is 35.4 Å². The van der Waals surface area contributed by atoms with Gasteiger partial charge in [-0.15, -0.1) is 0 Å².